The van der Waals surface area contributed by atoms with E-state index in [9.17, 15) is 4.79 Å². The lowest BCUT2D eigenvalue weighted by atomic mass is 9.95. The van der Waals surface area contributed by atoms with E-state index < -0.39 is 6.04 Å². The van der Waals surface area contributed by atoms with E-state index in [0.29, 0.717) is 47.7 Å². The summed E-state index contributed by atoms with van der Waals surface area (Å²) in [5, 5.41) is 6.57. The van der Waals surface area contributed by atoms with Gasteiger partial charge in [0.25, 0.3) is 0 Å². The summed E-state index contributed by atoms with van der Waals surface area (Å²) in [7, 11) is 0. The molecule has 2 heterocycles. The fraction of sp³-hybridized carbons (Fsp3) is 0.375. The largest absolute Gasteiger partial charge is 0.486 e. The van der Waals surface area contributed by atoms with Gasteiger partial charge in [-0.1, -0.05) is 6.07 Å². The number of carbonyl (C=O) groups excluding carboxylic acids is 1. The summed E-state index contributed by atoms with van der Waals surface area (Å²) in [6, 6.07) is 5.21. The number of carbonyl (C=O) groups is 1. The van der Waals surface area contributed by atoms with Gasteiger partial charge in [-0.25, -0.2) is 4.79 Å². The number of hydrogen-bond donors (Lipinski definition) is 2. The van der Waals surface area contributed by atoms with Crippen LogP contribution in [0.1, 0.15) is 25.5 Å². The number of hydrogen-bond acceptors (Lipinski definition) is 5. The van der Waals surface area contributed by atoms with Crippen LogP contribution in [-0.4, -0.2) is 30.9 Å². The first kappa shape index (κ1) is 15.6. The molecule has 122 valence electrons. The van der Waals surface area contributed by atoms with E-state index in [4.69, 9.17) is 26.4 Å². The minimum absolute atomic E-state index is 0.313. The van der Waals surface area contributed by atoms with Crippen LogP contribution < -0.4 is 20.1 Å². The molecule has 0 saturated heterocycles. The van der Waals surface area contributed by atoms with E-state index in [1.807, 2.05) is 25.1 Å². The third kappa shape index (κ3) is 3.10. The summed E-state index contributed by atoms with van der Waals surface area (Å²) in [5.74, 6) is 1.00. The van der Waals surface area contributed by atoms with Crippen molar-refractivity contribution in [3.05, 3.63) is 35.0 Å². The van der Waals surface area contributed by atoms with Gasteiger partial charge in [0.15, 0.2) is 16.6 Å². The summed E-state index contributed by atoms with van der Waals surface area (Å²) >= 11 is 5.22. The molecule has 23 heavy (non-hydrogen) atoms. The van der Waals surface area contributed by atoms with Gasteiger partial charge in [0.05, 0.1) is 18.2 Å². The van der Waals surface area contributed by atoms with Crippen LogP contribution in [0.15, 0.2) is 29.5 Å². The van der Waals surface area contributed by atoms with Crippen LogP contribution >= 0.6 is 12.2 Å². The van der Waals surface area contributed by atoms with Gasteiger partial charge in [0.1, 0.15) is 13.2 Å². The summed E-state index contributed by atoms with van der Waals surface area (Å²) in [6.07, 6.45) is 0. The molecule has 7 heteroatoms. The molecule has 0 aliphatic carbocycles. The van der Waals surface area contributed by atoms with Crippen LogP contribution in [0, 0.1) is 0 Å². The Labute approximate surface area is 139 Å². The van der Waals surface area contributed by atoms with Gasteiger partial charge in [-0.05, 0) is 43.8 Å². The van der Waals surface area contributed by atoms with Gasteiger partial charge >= 0.3 is 5.97 Å². The molecule has 2 N–H and O–H groups in total. The van der Waals surface area contributed by atoms with Gasteiger partial charge in [0, 0.05) is 5.70 Å². The topological polar surface area (TPSA) is 68.8 Å². The van der Waals surface area contributed by atoms with Crippen LogP contribution in [0.25, 0.3) is 0 Å². The van der Waals surface area contributed by atoms with Crippen molar-refractivity contribution in [1.82, 2.24) is 10.6 Å². The molecule has 1 aromatic rings. The van der Waals surface area contributed by atoms with Crippen molar-refractivity contribution in [1.29, 1.82) is 0 Å². The summed E-state index contributed by atoms with van der Waals surface area (Å²) in [6.45, 7) is 4.95. The molecule has 0 aromatic heterocycles. The maximum atomic E-state index is 12.3. The number of thiocarbonyl (C=S) groups is 1. The summed E-state index contributed by atoms with van der Waals surface area (Å²) in [4.78, 5) is 12.3. The maximum Gasteiger partial charge on any atom is 0.338 e. The molecule has 0 spiro atoms. The van der Waals surface area contributed by atoms with Crippen LogP contribution in [0.4, 0.5) is 0 Å². The molecule has 0 fully saturated rings. The lowest BCUT2D eigenvalue weighted by molar-refractivity contribution is -0.139. The zero-order valence-electron chi connectivity index (χ0n) is 13.0. The van der Waals surface area contributed by atoms with E-state index in [1.165, 1.54) is 0 Å². The summed E-state index contributed by atoms with van der Waals surface area (Å²) in [5.41, 5.74) is 2.06. The van der Waals surface area contributed by atoms with Crippen molar-refractivity contribution < 1.29 is 19.0 Å². The monoisotopic (exact) mass is 334 g/mol. The van der Waals surface area contributed by atoms with Crippen LogP contribution in [0.3, 0.4) is 0 Å². The Morgan fingerprint density at radius 1 is 1.35 bits per heavy atom. The maximum absolute atomic E-state index is 12.3. The van der Waals surface area contributed by atoms with Crippen molar-refractivity contribution >= 4 is 23.3 Å². The van der Waals surface area contributed by atoms with Crippen LogP contribution in [-0.2, 0) is 9.53 Å². The first-order chi connectivity index (χ1) is 11.1. The number of benzene rings is 1. The number of ether oxygens (including phenoxy) is 3. The predicted octanol–water partition coefficient (Wildman–Crippen LogP) is 1.81. The fourth-order valence-corrected chi connectivity index (χ4v) is 2.93. The van der Waals surface area contributed by atoms with Crippen molar-refractivity contribution in [3.8, 4) is 11.5 Å². The van der Waals surface area contributed by atoms with E-state index in [-0.39, 0.29) is 5.97 Å². The zero-order valence-corrected chi connectivity index (χ0v) is 13.8. The first-order valence-electron chi connectivity index (χ1n) is 7.45. The molecule has 0 bridgehead atoms. The highest BCUT2D eigenvalue weighted by Gasteiger charge is 2.31. The Bertz CT molecular complexity index is 687. The van der Waals surface area contributed by atoms with E-state index >= 15 is 0 Å². The molecule has 2 aliphatic heterocycles. The quantitative estimate of drug-likeness (QED) is 0.645. The molecular formula is C16H18N2O4S. The molecular weight excluding hydrogens is 316 g/mol. The van der Waals surface area contributed by atoms with Crippen molar-refractivity contribution in [3.63, 3.8) is 0 Å². The van der Waals surface area contributed by atoms with E-state index in [0.717, 1.165) is 5.56 Å². The minimum atomic E-state index is -0.390. The average Bonchev–Trinajstić information content (AvgIpc) is 2.53. The zero-order chi connectivity index (χ0) is 16.4. The molecule has 0 saturated carbocycles. The molecule has 1 unspecified atom stereocenters. The molecule has 6 nitrogen and oxygen atoms in total. The van der Waals surface area contributed by atoms with E-state index in [1.54, 1.807) is 6.92 Å². The highest BCUT2D eigenvalue weighted by atomic mass is 32.1. The van der Waals surface area contributed by atoms with Crippen molar-refractivity contribution in [2.45, 2.75) is 19.9 Å². The molecule has 1 atom stereocenters. The second kappa shape index (κ2) is 6.45. The van der Waals surface area contributed by atoms with Crippen LogP contribution in [0.5, 0.6) is 11.5 Å². The Morgan fingerprint density at radius 2 is 2.09 bits per heavy atom. The van der Waals surface area contributed by atoms with Gasteiger partial charge in [-0.3, -0.25) is 0 Å². The number of fused-ring (bicyclic) bond motifs is 1. The number of nitrogens with one attached hydrogen (secondary N) is 2. The Morgan fingerprint density at radius 3 is 2.83 bits per heavy atom. The minimum Gasteiger partial charge on any atom is -0.486 e. The van der Waals surface area contributed by atoms with Gasteiger partial charge in [-0.2, -0.15) is 0 Å². The third-order valence-corrected chi connectivity index (χ3v) is 3.88. The van der Waals surface area contributed by atoms with Crippen LogP contribution in [0.2, 0.25) is 0 Å². The normalized spacial score (nSPS) is 19.7. The Kier molecular flexibility index (Phi) is 4.38. The highest BCUT2D eigenvalue weighted by molar-refractivity contribution is 7.80. The fourth-order valence-electron chi connectivity index (χ4n) is 2.66. The Balaban J connectivity index is 1.99. The lowest BCUT2D eigenvalue weighted by Crippen LogP contribution is -2.45. The number of rotatable bonds is 3. The molecule has 2 aliphatic rings. The molecule has 3 rings (SSSR count). The molecule has 0 amide bonds. The highest BCUT2D eigenvalue weighted by Crippen LogP contribution is 2.35. The average molecular weight is 334 g/mol. The molecule has 0 radical (unpaired) electrons. The standard InChI is InChI=1S/C16H18N2O4S/c1-3-20-15(19)13-9(2)17-16(23)18-14(13)10-4-5-11-12(8-10)22-7-6-21-11/h4-5,8,14H,3,6-7H2,1-2H3,(H2,17,18,23). The predicted molar refractivity (Wildman–Crippen MR) is 88.4 cm³/mol. The van der Waals surface area contributed by atoms with Crippen molar-refractivity contribution in [2.24, 2.45) is 0 Å². The summed E-state index contributed by atoms with van der Waals surface area (Å²) < 4.78 is 16.3. The molecule has 1 aromatic carbocycles. The third-order valence-electron chi connectivity index (χ3n) is 3.66. The Hall–Kier alpha value is -2.28. The van der Waals surface area contributed by atoms with E-state index in [2.05, 4.69) is 10.6 Å². The van der Waals surface area contributed by atoms with Gasteiger partial charge in [0.2, 0.25) is 0 Å². The first-order valence-corrected chi connectivity index (χ1v) is 7.86. The van der Waals surface area contributed by atoms with Gasteiger partial charge < -0.3 is 24.8 Å². The SMILES string of the molecule is CCOC(=O)C1=C(C)NC(=S)NC1c1ccc2c(c1)OCCO2. The number of esters is 1. The van der Waals surface area contributed by atoms with Gasteiger partial charge in [-0.15, -0.1) is 0 Å². The number of allylic oxidation sites excluding steroid dienone is 1. The lowest BCUT2D eigenvalue weighted by Gasteiger charge is -2.30. The smallest absolute Gasteiger partial charge is 0.338 e. The van der Waals surface area contributed by atoms with Crippen molar-refractivity contribution in [2.75, 3.05) is 19.8 Å². The second-order valence-electron chi connectivity index (χ2n) is 5.19. The second-order valence-corrected chi connectivity index (χ2v) is 5.60.